The van der Waals surface area contributed by atoms with Gasteiger partial charge in [-0.2, -0.15) is 0 Å². The Morgan fingerprint density at radius 2 is 1.94 bits per heavy atom. The average molecular weight is 278 g/mol. The monoisotopic (exact) mass is 277 g/mol. The van der Waals surface area contributed by atoms with Gasteiger partial charge in [-0.3, -0.25) is 14.9 Å². The van der Waals surface area contributed by atoms with E-state index < -0.39 is 10.8 Å². The molecule has 0 aliphatic carbocycles. The quantitative estimate of drug-likeness (QED) is 0.637. The summed E-state index contributed by atoms with van der Waals surface area (Å²) in [5, 5.41) is 13.6. The van der Waals surface area contributed by atoms with E-state index in [0.717, 1.165) is 0 Å². The van der Waals surface area contributed by atoms with Crippen LogP contribution in [0.25, 0.3) is 0 Å². The number of non-ortho nitro benzene ring substituents is 1. The van der Waals surface area contributed by atoms with Crippen LogP contribution in [0.4, 0.5) is 11.4 Å². The number of rotatable bonds is 5. The normalized spacial score (nSPS) is 10.0. The lowest BCUT2D eigenvalue weighted by molar-refractivity contribution is -0.384. The summed E-state index contributed by atoms with van der Waals surface area (Å²) in [5.41, 5.74) is 5.12. The van der Waals surface area contributed by atoms with Gasteiger partial charge in [0.1, 0.15) is 0 Å². The molecular weight excluding hydrogens is 269 g/mol. The summed E-state index contributed by atoms with van der Waals surface area (Å²) < 4.78 is 0. The number of benzene rings is 1. The van der Waals surface area contributed by atoms with Gasteiger partial charge < -0.3 is 11.1 Å². The number of hydrogen-bond acceptors (Lipinski definition) is 4. The van der Waals surface area contributed by atoms with Crippen LogP contribution in [0.1, 0.15) is 6.42 Å². The van der Waals surface area contributed by atoms with Crippen molar-refractivity contribution in [1.29, 1.82) is 0 Å². The second-order valence-electron chi connectivity index (χ2n) is 3.18. The molecule has 0 aromatic heterocycles. The largest absolute Gasteiger partial charge is 0.382 e. The van der Waals surface area contributed by atoms with Crippen LogP contribution in [0.3, 0.4) is 0 Å². The molecular formula is C9H9Cl2N3O3. The number of nitrogens with zero attached hydrogens (tertiary/aromatic N) is 1. The molecule has 0 spiro atoms. The molecule has 3 N–H and O–H groups in total. The number of carbonyl (C=O) groups is 1. The molecule has 8 heteroatoms. The third kappa shape index (κ3) is 3.76. The summed E-state index contributed by atoms with van der Waals surface area (Å²) in [4.78, 5) is 20.5. The Balaban J connectivity index is 2.86. The number of nitro groups is 1. The molecule has 0 fully saturated rings. The number of nitro benzene ring substituents is 1. The molecule has 0 aliphatic heterocycles. The highest BCUT2D eigenvalue weighted by Crippen LogP contribution is 2.34. The number of anilines is 1. The van der Waals surface area contributed by atoms with Crippen molar-refractivity contribution in [2.45, 2.75) is 6.42 Å². The Labute approximate surface area is 107 Å². The highest BCUT2D eigenvalue weighted by molar-refractivity contribution is 6.39. The molecule has 0 radical (unpaired) electrons. The van der Waals surface area contributed by atoms with E-state index in [-0.39, 0.29) is 28.7 Å². The molecule has 1 aromatic rings. The van der Waals surface area contributed by atoms with E-state index in [9.17, 15) is 14.9 Å². The minimum Gasteiger partial charge on any atom is -0.382 e. The first-order valence-electron chi connectivity index (χ1n) is 4.57. The highest BCUT2D eigenvalue weighted by atomic mass is 35.5. The molecule has 0 saturated carbocycles. The van der Waals surface area contributed by atoms with Gasteiger partial charge in [-0.15, -0.1) is 0 Å². The molecule has 17 heavy (non-hydrogen) atoms. The second-order valence-corrected chi connectivity index (χ2v) is 4.00. The predicted octanol–water partition coefficient (Wildman–Crippen LogP) is 2.19. The number of carbonyl (C=O) groups excluding carboxylic acids is 1. The smallest absolute Gasteiger partial charge is 0.272 e. The lowest BCUT2D eigenvalue weighted by Crippen LogP contribution is -2.16. The first-order chi connectivity index (χ1) is 7.91. The SMILES string of the molecule is NC(=O)CCNc1c(Cl)cc([N+](=O)[O-])cc1Cl. The molecule has 0 saturated heterocycles. The van der Waals surface area contributed by atoms with Crippen molar-refractivity contribution < 1.29 is 9.72 Å². The molecule has 0 bridgehead atoms. The third-order valence-electron chi connectivity index (χ3n) is 1.91. The molecule has 0 aliphatic rings. The maximum Gasteiger partial charge on any atom is 0.272 e. The fourth-order valence-corrected chi connectivity index (χ4v) is 1.75. The molecule has 1 aromatic carbocycles. The van der Waals surface area contributed by atoms with Gasteiger partial charge in [0.15, 0.2) is 0 Å². The number of amides is 1. The molecule has 92 valence electrons. The lowest BCUT2D eigenvalue weighted by Gasteiger charge is -2.09. The van der Waals surface area contributed by atoms with E-state index in [1.54, 1.807) is 0 Å². The number of nitrogens with two attached hydrogens (primary N) is 1. The van der Waals surface area contributed by atoms with Gasteiger partial charge in [0.2, 0.25) is 5.91 Å². The van der Waals surface area contributed by atoms with Crippen molar-refractivity contribution in [3.05, 3.63) is 32.3 Å². The van der Waals surface area contributed by atoms with Gasteiger partial charge in [-0.1, -0.05) is 23.2 Å². The Morgan fingerprint density at radius 3 is 2.35 bits per heavy atom. The van der Waals surface area contributed by atoms with Crippen LogP contribution in [-0.4, -0.2) is 17.4 Å². The third-order valence-corrected chi connectivity index (χ3v) is 2.51. The lowest BCUT2D eigenvalue weighted by atomic mass is 10.2. The zero-order valence-corrected chi connectivity index (χ0v) is 10.1. The van der Waals surface area contributed by atoms with Crippen molar-refractivity contribution in [2.75, 3.05) is 11.9 Å². The van der Waals surface area contributed by atoms with E-state index in [2.05, 4.69) is 5.32 Å². The zero-order chi connectivity index (χ0) is 13.0. The number of halogens is 2. The van der Waals surface area contributed by atoms with Gasteiger partial charge >= 0.3 is 0 Å². The Bertz CT molecular complexity index is 442. The number of nitrogens with one attached hydrogen (secondary N) is 1. The zero-order valence-electron chi connectivity index (χ0n) is 8.57. The van der Waals surface area contributed by atoms with Crippen molar-refractivity contribution in [2.24, 2.45) is 5.73 Å². The van der Waals surface area contributed by atoms with Crippen molar-refractivity contribution in [3.63, 3.8) is 0 Å². The van der Waals surface area contributed by atoms with E-state index >= 15 is 0 Å². The minimum absolute atomic E-state index is 0.115. The fraction of sp³-hybridized carbons (Fsp3) is 0.222. The standard InChI is InChI=1S/C9H9Cl2N3O3/c10-6-3-5(14(16)17)4-7(11)9(6)13-2-1-8(12)15/h3-4,13H,1-2H2,(H2,12,15). The van der Waals surface area contributed by atoms with Crippen molar-refractivity contribution >= 4 is 40.5 Å². The van der Waals surface area contributed by atoms with E-state index in [0.29, 0.717) is 5.69 Å². The Morgan fingerprint density at radius 1 is 1.41 bits per heavy atom. The number of hydrogen-bond donors (Lipinski definition) is 2. The first-order valence-corrected chi connectivity index (χ1v) is 5.33. The van der Waals surface area contributed by atoms with Crippen LogP contribution in [0, 0.1) is 10.1 Å². The summed E-state index contributed by atoms with van der Waals surface area (Å²) in [6.45, 7) is 0.257. The maximum absolute atomic E-state index is 10.5. The second kappa shape index (κ2) is 5.70. The summed E-state index contributed by atoms with van der Waals surface area (Å²) >= 11 is 11.7. The molecule has 6 nitrogen and oxygen atoms in total. The van der Waals surface area contributed by atoms with Crippen LogP contribution < -0.4 is 11.1 Å². The molecule has 0 heterocycles. The molecule has 1 amide bonds. The van der Waals surface area contributed by atoms with Crippen LogP contribution in [-0.2, 0) is 4.79 Å². The predicted molar refractivity (Wildman–Crippen MR) is 65.4 cm³/mol. The molecule has 0 unspecified atom stereocenters. The highest BCUT2D eigenvalue weighted by Gasteiger charge is 2.14. The van der Waals surface area contributed by atoms with Crippen molar-refractivity contribution in [3.8, 4) is 0 Å². The summed E-state index contributed by atoms with van der Waals surface area (Å²) in [6, 6.07) is 2.36. The number of primary amides is 1. The van der Waals surface area contributed by atoms with E-state index in [4.69, 9.17) is 28.9 Å². The summed E-state index contributed by atoms with van der Waals surface area (Å²) in [7, 11) is 0. The molecule has 0 atom stereocenters. The van der Waals surface area contributed by atoms with Crippen molar-refractivity contribution in [1.82, 2.24) is 0 Å². The topological polar surface area (TPSA) is 98.3 Å². The summed E-state index contributed by atoms with van der Waals surface area (Å²) in [5.74, 6) is -0.466. The molecule has 1 rings (SSSR count). The van der Waals surface area contributed by atoms with Crippen LogP contribution >= 0.6 is 23.2 Å². The van der Waals surface area contributed by atoms with Gasteiger partial charge in [0.05, 0.1) is 20.7 Å². The van der Waals surface area contributed by atoms with Gasteiger partial charge in [0.25, 0.3) is 5.69 Å². The van der Waals surface area contributed by atoms with E-state index in [1.807, 2.05) is 0 Å². The Kier molecular flexibility index (Phi) is 4.53. The van der Waals surface area contributed by atoms with Gasteiger partial charge in [-0.25, -0.2) is 0 Å². The first kappa shape index (κ1) is 13.5. The van der Waals surface area contributed by atoms with Gasteiger partial charge in [-0.05, 0) is 0 Å². The maximum atomic E-state index is 10.5. The van der Waals surface area contributed by atoms with Crippen LogP contribution in [0.15, 0.2) is 12.1 Å². The minimum atomic E-state index is -0.592. The van der Waals surface area contributed by atoms with Gasteiger partial charge in [0, 0.05) is 25.1 Å². The average Bonchev–Trinajstić information content (AvgIpc) is 2.21. The van der Waals surface area contributed by atoms with Crippen LogP contribution in [0.2, 0.25) is 10.0 Å². The fourth-order valence-electron chi connectivity index (χ4n) is 1.14. The van der Waals surface area contributed by atoms with Crippen LogP contribution in [0.5, 0.6) is 0 Å². The Hall–Kier alpha value is -1.53. The van der Waals surface area contributed by atoms with E-state index in [1.165, 1.54) is 12.1 Å². The summed E-state index contributed by atoms with van der Waals surface area (Å²) in [6.07, 6.45) is 0.115.